The summed E-state index contributed by atoms with van der Waals surface area (Å²) in [4.78, 5) is 43.1. The molecule has 188 valence electrons. The molecule has 2 N–H and O–H groups in total. The van der Waals surface area contributed by atoms with Gasteiger partial charge >= 0.3 is 12.0 Å². The summed E-state index contributed by atoms with van der Waals surface area (Å²) in [6.07, 6.45) is 2.99. The van der Waals surface area contributed by atoms with E-state index in [0.717, 1.165) is 24.1 Å². The van der Waals surface area contributed by atoms with Crippen LogP contribution in [-0.2, 0) is 16.1 Å². The van der Waals surface area contributed by atoms with Gasteiger partial charge in [-0.05, 0) is 42.0 Å². The number of rotatable bonds is 11. The van der Waals surface area contributed by atoms with Gasteiger partial charge in [-0.15, -0.1) is 11.3 Å². The van der Waals surface area contributed by atoms with Crippen LogP contribution in [0.4, 0.5) is 4.79 Å². The molecule has 2 aliphatic heterocycles. The molecule has 0 saturated carbocycles. The van der Waals surface area contributed by atoms with Crippen molar-refractivity contribution in [2.75, 3.05) is 26.4 Å². The number of unbranched alkanes of at least 4 members (excludes halogenated alkanes) is 1. The second-order valence-electron chi connectivity index (χ2n) is 8.74. The number of nitrogens with one attached hydrogen (secondary N) is 1. The van der Waals surface area contributed by atoms with E-state index in [4.69, 9.17) is 9.47 Å². The predicted molar refractivity (Wildman–Crippen MR) is 131 cm³/mol. The maximum Gasteiger partial charge on any atom is 0.321 e. The number of amides is 3. The Bertz CT molecular complexity index is 1040. The summed E-state index contributed by atoms with van der Waals surface area (Å²) >= 11 is 1.60. The number of carbonyl (C=O) groups excluding carboxylic acids is 2. The number of fused-ring (bicyclic) bond motifs is 1. The van der Waals surface area contributed by atoms with Crippen molar-refractivity contribution < 1.29 is 29.0 Å². The monoisotopic (exact) mass is 501 g/mol. The Labute approximate surface area is 208 Å². The van der Waals surface area contributed by atoms with Gasteiger partial charge in [-0.3, -0.25) is 9.59 Å². The van der Waals surface area contributed by atoms with Crippen molar-refractivity contribution in [2.24, 2.45) is 0 Å². The molecule has 0 spiro atoms. The lowest BCUT2D eigenvalue weighted by Gasteiger charge is -2.39. The third kappa shape index (κ3) is 5.87. The Morgan fingerprint density at radius 3 is 2.77 bits per heavy atom. The normalized spacial score (nSPS) is 16.8. The van der Waals surface area contributed by atoms with E-state index in [1.165, 1.54) is 0 Å². The van der Waals surface area contributed by atoms with Gasteiger partial charge in [0.2, 0.25) is 12.7 Å². The van der Waals surface area contributed by atoms with E-state index in [1.807, 2.05) is 24.4 Å². The molecule has 1 aromatic heterocycles. The first-order valence-electron chi connectivity index (χ1n) is 12.0. The lowest BCUT2D eigenvalue weighted by molar-refractivity contribution is -0.138. The molecule has 3 heterocycles. The third-order valence-corrected chi connectivity index (χ3v) is 7.22. The van der Waals surface area contributed by atoms with E-state index in [0.29, 0.717) is 43.1 Å². The van der Waals surface area contributed by atoms with Crippen LogP contribution in [0, 0.1) is 0 Å². The van der Waals surface area contributed by atoms with Gasteiger partial charge in [0.05, 0.1) is 12.5 Å². The summed E-state index contributed by atoms with van der Waals surface area (Å²) < 4.78 is 10.7. The Kier molecular flexibility index (Phi) is 8.12. The number of hydrogen-bond acceptors (Lipinski definition) is 6. The van der Waals surface area contributed by atoms with Crippen LogP contribution in [0.5, 0.6) is 11.5 Å². The number of thiophene rings is 1. The predicted octanol–water partition coefficient (Wildman–Crippen LogP) is 3.65. The van der Waals surface area contributed by atoms with E-state index in [1.54, 1.807) is 39.3 Å². The number of urea groups is 1. The fourth-order valence-electron chi connectivity index (χ4n) is 4.46. The van der Waals surface area contributed by atoms with Gasteiger partial charge in [-0.1, -0.05) is 31.9 Å². The molecule has 0 radical (unpaired) electrons. The highest BCUT2D eigenvalue weighted by molar-refractivity contribution is 7.09. The van der Waals surface area contributed by atoms with Gasteiger partial charge in [0.1, 0.15) is 6.04 Å². The molecule has 2 atom stereocenters. The second-order valence-corrected chi connectivity index (χ2v) is 9.77. The lowest BCUT2D eigenvalue weighted by Crippen LogP contribution is -2.57. The van der Waals surface area contributed by atoms with Crippen LogP contribution in [0.3, 0.4) is 0 Å². The number of hydrogen-bond donors (Lipinski definition) is 2. The molecule has 10 heteroatoms. The second kappa shape index (κ2) is 11.4. The summed E-state index contributed by atoms with van der Waals surface area (Å²) in [6, 6.07) is 8.16. The number of aliphatic carboxylic acids is 1. The van der Waals surface area contributed by atoms with Gasteiger partial charge in [-0.2, -0.15) is 0 Å². The zero-order valence-corrected chi connectivity index (χ0v) is 20.6. The van der Waals surface area contributed by atoms with Crippen LogP contribution in [0.25, 0.3) is 0 Å². The van der Waals surface area contributed by atoms with E-state index < -0.39 is 17.9 Å². The van der Waals surface area contributed by atoms with Gasteiger partial charge in [0, 0.05) is 24.5 Å². The molecule has 0 bridgehead atoms. The van der Waals surface area contributed by atoms with Gasteiger partial charge in [0.25, 0.3) is 0 Å². The van der Waals surface area contributed by atoms with Crippen molar-refractivity contribution in [1.29, 1.82) is 0 Å². The summed E-state index contributed by atoms with van der Waals surface area (Å²) in [5.74, 6) is -1.27. The van der Waals surface area contributed by atoms with E-state index in [2.05, 4.69) is 5.32 Å². The highest BCUT2D eigenvalue weighted by Crippen LogP contribution is 2.34. The fraction of sp³-hybridized carbons (Fsp3) is 0.480. The van der Waals surface area contributed by atoms with Gasteiger partial charge < -0.3 is 29.7 Å². The number of ether oxygens (including phenoxy) is 2. The molecular formula is C25H31N3O6S. The molecule has 1 aromatic carbocycles. The molecule has 3 amide bonds. The zero-order chi connectivity index (χ0) is 24.8. The number of benzene rings is 1. The van der Waals surface area contributed by atoms with Crippen molar-refractivity contribution in [3.05, 3.63) is 46.2 Å². The fourth-order valence-corrected chi connectivity index (χ4v) is 5.17. The van der Waals surface area contributed by atoms with E-state index in [9.17, 15) is 19.5 Å². The average molecular weight is 502 g/mol. The molecule has 1 fully saturated rings. The number of carboxylic acids is 1. The number of carbonyl (C=O) groups is 3. The molecule has 2 aromatic rings. The molecule has 35 heavy (non-hydrogen) atoms. The van der Waals surface area contributed by atoms with Crippen molar-refractivity contribution in [1.82, 2.24) is 15.1 Å². The minimum atomic E-state index is -1.05. The van der Waals surface area contributed by atoms with Gasteiger partial charge in [0.15, 0.2) is 11.5 Å². The summed E-state index contributed by atoms with van der Waals surface area (Å²) in [5, 5.41) is 14.6. The smallest absolute Gasteiger partial charge is 0.321 e. The van der Waals surface area contributed by atoms with E-state index in [-0.39, 0.29) is 25.3 Å². The van der Waals surface area contributed by atoms with Crippen LogP contribution < -0.4 is 14.8 Å². The average Bonchev–Trinajstić information content (AvgIpc) is 3.53. The molecule has 9 nitrogen and oxygen atoms in total. The Morgan fingerprint density at radius 2 is 2.03 bits per heavy atom. The first-order chi connectivity index (χ1) is 17.0. The summed E-state index contributed by atoms with van der Waals surface area (Å²) in [5.41, 5.74) is 0.517. The SMILES string of the molecule is CCCC[C@@H](C(=O)NCC(C(=O)O)c1ccc2c(c1)OCO2)N1CCCN(Cc2cccs2)C1=O. The van der Waals surface area contributed by atoms with Crippen molar-refractivity contribution in [2.45, 2.75) is 51.1 Å². The highest BCUT2D eigenvalue weighted by atomic mass is 32.1. The largest absolute Gasteiger partial charge is 0.481 e. The standard InChI is InChI=1S/C25H31N3O6S/c1-2-3-7-20(28-11-5-10-27(25(28)32)15-18-6-4-12-35-18)23(29)26-14-19(24(30)31)17-8-9-21-22(13-17)34-16-33-21/h4,6,8-9,12-13,19-20H,2-3,5,7,10-11,14-16H2,1H3,(H,26,29)(H,30,31)/t19?,20-/m0/s1. The quantitative estimate of drug-likeness (QED) is 0.487. The molecular weight excluding hydrogens is 470 g/mol. The van der Waals surface area contributed by atoms with Crippen molar-refractivity contribution in [3.8, 4) is 11.5 Å². The Hall–Kier alpha value is -3.27. The first-order valence-corrected chi connectivity index (χ1v) is 12.8. The topological polar surface area (TPSA) is 108 Å². The molecule has 1 unspecified atom stereocenters. The summed E-state index contributed by atoms with van der Waals surface area (Å²) in [6.45, 7) is 3.74. The molecule has 4 rings (SSSR count). The van der Waals surface area contributed by atoms with Crippen LogP contribution in [0.2, 0.25) is 0 Å². The van der Waals surface area contributed by atoms with Crippen LogP contribution in [-0.4, -0.2) is 65.3 Å². The molecule has 1 saturated heterocycles. The Balaban J connectivity index is 1.44. The minimum absolute atomic E-state index is 0.0859. The molecule has 2 aliphatic rings. The first kappa shape index (κ1) is 24.8. The molecule has 0 aliphatic carbocycles. The lowest BCUT2D eigenvalue weighted by atomic mass is 9.98. The Morgan fingerprint density at radius 1 is 1.20 bits per heavy atom. The number of carboxylic acid groups (broad SMARTS) is 1. The van der Waals surface area contributed by atoms with Crippen LogP contribution in [0.15, 0.2) is 35.7 Å². The summed E-state index contributed by atoms with van der Waals surface area (Å²) in [7, 11) is 0. The van der Waals surface area contributed by atoms with Gasteiger partial charge in [-0.25, -0.2) is 4.79 Å². The zero-order valence-electron chi connectivity index (χ0n) is 19.8. The van der Waals surface area contributed by atoms with Crippen LogP contribution in [0.1, 0.15) is 49.0 Å². The van der Waals surface area contributed by atoms with Crippen LogP contribution >= 0.6 is 11.3 Å². The van der Waals surface area contributed by atoms with E-state index >= 15 is 0 Å². The maximum atomic E-state index is 13.3. The number of nitrogens with zero attached hydrogens (tertiary/aromatic N) is 2. The van der Waals surface area contributed by atoms with Crippen molar-refractivity contribution >= 4 is 29.2 Å². The third-order valence-electron chi connectivity index (χ3n) is 6.36. The maximum absolute atomic E-state index is 13.3. The minimum Gasteiger partial charge on any atom is -0.481 e. The highest BCUT2D eigenvalue weighted by Gasteiger charge is 2.35. The van der Waals surface area contributed by atoms with Crippen molar-refractivity contribution in [3.63, 3.8) is 0 Å².